The van der Waals surface area contributed by atoms with E-state index in [1.165, 1.54) is 0 Å². The van der Waals surface area contributed by atoms with Crippen LogP contribution in [0.25, 0.3) is 11.0 Å². The molecule has 1 aromatic heterocycles. The second-order valence-electron chi connectivity index (χ2n) is 7.55. The van der Waals surface area contributed by atoms with Crippen molar-refractivity contribution >= 4 is 28.5 Å². The van der Waals surface area contributed by atoms with Crippen molar-refractivity contribution in [2.75, 3.05) is 13.2 Å². The SMILES string of the molecule is O=C(NCCCc1nc2ccccc2n1CCCOc1ccc(Cl)cc1)c1ccccc1. The van der Waals surface area contributed by atoms with Crippen LogP contribution in [0.2, 0.25) is 5.02 Å². The monoisotopic (exact) mass is 447 g/mol. The van der Waals surface area contributed by atoms with E-state index < -0.39 is 0 Å². The maximum atomic E-state index is 12.2. The third-order valence-corrected chi connectivity index (χ3v) is 5.49. The molecule has 0 spiro atoms. The highest BCUT2D eigenvalue weighted by molar-refractivity contribution is 6.30. The summed E-state index contributed by atoms with van der Waals surface area (Å²) in [6.45, 7) is 2.04. The van der Waals surface area contributed by atoms with Gasteiger partial charge < -0.3 is 14.6 Å². The Morgan fingerprint density at radius 1 is 0.938 bits per heavy atom. The third-order valence-electron chi connectivity index (χ3n) is 5.24. The Kier molecular flexibility index (Phi) is 7.41. The number of aryl methyl sites for hydroxylation is 2. The summed E-state index contributed by atoms with van der Waals surface area (Å²) in [5, 5.41) is 3.69. The predicted octanol–water partition coefficient (Wildman–Crippen LogP) is 5.52. The first-order valence-electron chi connectivity index (χ1n) is 10.9. The highest BCUT2D eigenvalue weighted by atomic mass is 35.5. The van der Waals surface area contributed by atoms with Crippen LogP contribution in [-0.2, 0) is 13.0 Å². The molecular weight excluding hydrogens is 422 g/mol. The van der Waals surface area contributed by atoms with Gasteiger partial charge in [0.05, 0.1) is 17.6 Å². The molecule has 0 aliphatic heterocycles. The summed E-state index contributed by atoms with van der Waals surface area (Å²) in [7, 11) is 0. The van der Waals surface area contributed by atoms with Gasteiger partial charge in [-0.2, -0.15) is 0 Å². The Balaban J connectivity index is 1.32. The number of halogens is 1. The van der Waals surface area contributed by atoms with E-state index in [0.717, 1.165) is 48.4 Å². The van der Waals surface area contributed by atoms with Gasteiger partial charge in [0.2, 0.25) is 0 Å². The molecule has 0 aliphatic carbocycles. The second-order valence-corrected chi connectivity index (χ2v) is 7.99. The number of para-hydroxylation sites is 2. The first-order chi connectivity index (χ1) is 15.7. The molecule has 4 rings (SSSR count). The number of nitrogens with zero attached hydrogens (tertiary/aromatic N) is 2. The molecule has 6 heteroatoms. The van der Waals surface area contributed by atoms with E-state index in [4.69, 9.17) is 21.3 Å². The van der Waals surface area contributed by atoms with Gasteiger partial charge in [0.1, 0.15) is 11.6 Å². The average Bonchev–Trinajstić information content (AvgIpc) is 3.18. The minimum Gasteiger partial charge on any atom is -0.494 e. The molecule has 1 N–H and O–H groups in total. The van der Waals surface area contributed by atoms with Crippen molar-refractivity contribution in [3.05, 3.63) is 95.3 Å². The molecule has 3 aromatic carbocycles. The number of ether oxygens (including phenoxy) is 1. The summed E-state index contributed by atoms with van der Waals surface area (Å²) in [6, 6.07) is 24.9. The molecule has 0 aliphatic rings. The van der Waals surface area contributed by atoms with E-state index >= 15 is 0 Å². The summed E-state index contributed by atoms with van der Waals surface area (Å²) in [5.41, 5.74) is 2.80. The Morgan fingerprint density at radius 3 is 2.50 bits per heavy atom. The lowest BCUT2D eigenvalue weighted by Crippen LogP contribution is -2.24. The number of carbonyl (C=O) groups excluding carboxylic acids is 1. The molecule has 0 atom stereocenters. The first kappa shape index (κ1) is 21.9. The molecular formula is C26H26ClN3O2. The van der Waals surface area contributed by atoms with Crippen LogP contribution in [0.3, 0.4) is 0 Å². The van der Waals surface area contributed by atoms with Crippen molar-refractivity contribution in [1.29, 1.82) is 0 Å². The van der Waals surface area contributed by atoms with Crippen molar-refractivity contribution in [1.82, 2.24) is 14.9 Å². The van der Waals surface area contributed by atoms with Gasteiger partial charge in [-0.15, -0.1) is 0 Å². The molecule has 1 amide bonds. The third kappa shape index (κ3) is 5.68. The topological polar surface area (TPSA) is 56.2 Å². The molecule has 5 nitrogen and oxygen atoms in total. The number of amides is 1. The van der Waals surface area contributed by atoms with E-state index in [9.17, 15) is 4.79 Å². The van der Waals surface area contributed by atoms with Gasteiger partial charge in [-0.3, -0.25) is 4.79 Å². The Morgan fingerprint density at radius 2 is 1.69 bits per heavy atom. The van der Waals surface area contributed by atoms with Crippen molar-refractivity contribution < 1.29 is 9.53 Å². The number of benzene rings is 3. The summed E-state index contributed by atoms with van der Waals surface area (Å²) in [5.74, 6) is 1.81. The Hall–Kier alpha value is -3.31. The van der Waals surface area contributed by atoms with Gasteiger partial charge in [0.15, 0.2) is 0 Å². The average molecular weight is 448 g/mol. The number of hydrogen-bond acceptors (Lipinski definition) is 3. The quantitative estimate of drug-likeness (QED) is 0.325. The summed E-state index contributed by atoms with van der Waals surface area (Å²) in [6.07, 6.45) is 2.48. The summed E-state index contributed by atoms with van der Waals surface area (Å²) < 4.78 is 8.10. The largest absolute Gasteiger partial charge is 0.494 e. The van der Waals surface area contributed by atoms with Gasteiger partial charge >= 0.3 is 0 Å². The molecule has 0 radical (unpaired) electrons. The van der Waals surface area contributed by atoms with Crippen LogP contribution >= 0.6 is 11.6 Å². The van der Waals surface area contributed by atoms with Gasteiger partial charge in [-0.05, 0) is 61.4 Å². The number of hydrogen-bond donors (Lipinski definition) is 1. The molecule has 0 saturated carbocycles. The van der Waals surface area contributed by atoms with Gasteiger partial charge in [0.25, 0.3) is 5.91 Å². The number of rotatable bonds is 10. The number of carbonyl (C=O) groups is 1. The number of fused-ring (bicyclic) bond motifs is 1. The zero-order chi connectivity index (χ0) is 22.2. The highest BCUT2D eigenvalue weighted by Crippen LogP contribution is 2.19. The fourth-order valence-electron chi connectivity index (χ4n) is 3.65. The highest BCUT2D eigenvalue weighted by Gasteiger charge is 2.11. The van der Waals surface area contributed by atoms with Crippen LogP contribution in [0.4, 0.5) is 0 Å². The minimum atomic E-state index is -0.0431. The summed E-state index contributed by atoms with van der Waals surface area (Å²) in [4.78, 5) is 17.0. The van der Waals surface area contributed by atoms with Gasteiger partial charge in [-0.25, -0.2) is 4.98 Å². The van der Waals surface area contributed by atoms with Gasteiger partial charge in [0, 0.05) is 30.1 Å². The Bertz CT molecular complexity index is 1160. The van der Waals surface area contributed by atoms with Crippen LogP contribution in [0.1, 0.15) is 29.0 Å². The van der Waals surface area contributed by atoms with Crippen LogP contribution in [0.5, 0.6) is 5.75 Å². The van der Waals surface area contributed by atoms with Crippen molar-refractivity contribution in [3.8, 4) is 5.75 Å². The molecule has 0 fully saturated rings. The molecule has 0 bridgehead atoms. The molecule has 32 heavy (non-hydrogen) atoms. The lowest BCUT2D eigenvalue weighted by atomic mass is 10.2. The number of aromatic nitrogens is 2. The van der Waals surface area contributed by atoms with Crippen LogP contribution in [0.15, 0.2) is 78.9 Å². The normalized spacial score (nSPS) is 10.9. The van der Waals surface area contributed by atoms with E-state index in [1.54, 1.807) is 0 Å². The maximum Gasteiger partial charge on any atom is 0.251 e. The van der Waals surface area contributed by atoms with Crippen molar-refractivity contribution in [2.45, 2.75) is 25.8 Å². The molecule has 1 heterocycles. The van der Waals surface area contributed by atoms with Crippen molar-refractivity contribution in [3.63, 3.8) is 0 Å². The fourth-order valence-corrected chi connectivity index (χ4v) is 3.78. The minimum absolute atomic E-state index is 0.0431. The fraction of sp³-hybridized carbons (Fsp3) is 0.231. The smallest absolute Gasteiger partial charge is 0.251 e. The van der Waals surface area contributed by atoms with Crippen LogP contribution < -0.4 is 10.1 Å². The van der Waals surface area contributed by atoms with E-state index in [0.29, 0.717) is 23.7 Å². The lowest BCUT2D eigenvalue weighted by Gasteiger charge is -2.11. The second kappa shape index (κ2) is 10.8. The number of nitrogens with one attached hydrogen (secondary N) is 1. The zero-order valence-corrected chi connectivity index (χ0v) is 18.6. The van der Waals surface area contributed by atoms with E-state index in [1.807, 2.05) is 72.8 Å². The maximum absolute atomic E-state index is 12.2. The van der Waals surface area contributed by atoms with Crippen LogP contribution in [0, 0.1) is 0 Å². The standard InChI is InChI=1S/C26H26ClN3O2/c27-21-13-15-22(16-14-21)32-19-7-18-30-24-11-5-4-10-23(24)29-25(30)12-6-17-28-26(31)20-8-2-1-3-9-20/h1-5,8-11,13-16H,6-7,12,17-19H2,(H,28,31). The van der Waals surface area contributed by atoms with Crippen LogP contribution in [-0.4, -0.2) is 28.6 Å². The first-order valence-corrected chi connectivity index (χ1v) is 11.2. The van der Waals surface area contributed by atoms with Gasteiger partial charge in [-0.1, -0.05) is 41.9 Å². The Labute approximate surface area is 193 Å². The predicted molar refractivity (Wildman–Crippen MR) is 128 cm³/mol. The molecule has 0 unspecified atom stereocenters. The zero-order valence-electron chi connectivity index (χ0n) is 17.8. The number of imidazole rings is 1. The molecule has 164 valence electrons. The van der Waals surface area contributed by atoms with E-state index in [-0.39, 0.29) is 5.91 Å². The molecule has 0 saturated heterocycles. The van der Waals surface area contributed by atoms with Crippen molar-refractivity contribution in [2.24, 2.45) is 0 Å². The lowest BCUT2D eigenvalue weighted by molar-refractivity contribution is 0.0953. The summed E-state index contributed by atoms with van der Waals surface area (Å²) >= 11 is 5.93. The molecule has 4 aromatic rings. The van der Waals surface area contributed by atoms with E-state index in [2.05, 4.69) is 16.0 Å².